The van der Waals surface area contributed by atoms with Crippen LogP contribution in [0, 0.1) is 11.3 Å². The number of carbonyl (C=O) groups excluding carboxylic acids is 1. The molecule has 1 fully saturated rings. The number of rotatable bonds is 5. The first-order valence-corrected chi connectivity index (χ1v) is 5.53. The normalized spacial score (nSPS) is 20.5. The fraction of sp³-hybridized carbons (Fsp3) is 0.818. The van der Waals surface area contributed by atoms with Crippen molar-refractivity contribution >= 4 is 5.91 Å². The molecule has 1 unspecified atom stereocenters. The van der Waals surface area contributed by atoms with Gasteiger partial charge in [0.05, 0.1) is 25.4 Å². The van der Waals surface area contributed by atoms with E-state index in [0.29, 0.717) is 45.6 Å². The first-order chi connectivity index (χ1) is 7.77. The zero-order chi connectivity index (χ0) is 11.8. The summed E-state index contributed by atoms with van der Waals surface area (Å²) >= 11 is 0. The molecule has 1 atom stereocenters. The lowest BCUT2D eigenvalue weighted by Gasteiger charge is -2.32. The highest BCUT2D eigenvalue weighted by Crippen LogP contribution is 2.08. The second kappa shape index (κ2) is 7.20. The monoisotopic (exact) mass is 226 g/mol. The van der Waals surface area contributed by atoms with Crippen LogP contribution < -0.4 is 0 Å². The topological polar surface area (TPSA) is 62.6 Å². The van der Waals surface area contributed by atoms with Gasteiger partial charge in [0.2, 0.25) is 5.91 Å². The first-order valence-electron chi connectivity index (χ1n) is 5.53. The lowest BCUT2D eigenvalue weighted by atomic mass is 10.2. The number of methoxy groups -OCH3 is 1. The van der Waals surface area contributed by atoms with Crippen LogP contribution in [-0.2, 0) is 14.3 Å². The first kappa shape index (κ1) is 12.9. The van der Waals surface area contributed by atoms with Gasteiger partial charge in [-0.1, -0.05) is 0 Å². The van der Waals surface area contributed by atoms with E-state index in [1.807, 2.05) is 6.07 Å². The highest BCUT2D eigenvalue weighted by atomic mass is 16.5. The standard InChI is InChI=1S/C11H18N2O3/c1-15-9-10-8-13(6-7-16-10)11(14)4-2-3-5-12/h10H,2-4,6-9H2,1H3. The number of nitriles is 1. The minimum Gasteiger partial charge on any atom is -0.382 e. The zero-order valence-electron chi connectivity index (χ0n) is 9.65. The Labute approximate surface area is 95.9 Å². The summed E-state index contributed by atoms with van der Waals surface area (Å²) in [7, 11) is 1.62. The summed E-state index contributed by atoms with van der Waals surface area (Å²) in [6, 6.07) is 2.04. The molecule has 1 amide bonds. The Morgan fingerprint density at radius 3 is 3.19 bits per heavy atom. The van der Waals surface area contributed by atoms with Gasteiger partial charge in [0.1, 0.15) is 0 Å². The molecule has 0 aromatic rings. The molecule has 0 bridgehead atoms. The lowest BCUT2D eigenvalue weighted by Crippen LogP contribution is -2.47. The smallest absolute Gasteiger partial charge is 0.222 e. The minimum absolute atomic E-state index is 0.0151. The maximum absolute atomic E-state index is 11.7. The third kappa shape index (κ3) is 4.17. The molecule has 1 heterocycles. The average molecular weight is 226 g/mol. The van der Waals surface area contributed by atoms with E-state index in [9.17, 15) is 4.79 Å². The van der Waals surface area contributed by atoms with Crippen molar-refractivity contribution in [2.45, 2.75) is 25.4 Å². The third-order valence-electron chi connectivity index (χ3n) is 2.52. The SMILES string of the molecule is COCC1CN(C(=O)CCCC#N)CCO1. The molecule has 1 rings (SSSR count). The molecular weight excluding hydrogens is 208 g/mol. The lowest BCUT2D eigenvalue weighted by molar-refractivity contribution is -0.140. The van der Waals surface area contributed by atoms with Crippen LogP contribution in [0.3, 0.4) is 0 Å². The van der Waals surface area contributed by atoms with Crippen LogP contribution >= 0.6 is 0 Å². The van der Waals surface area contributed by atoms with Gasteiger partial charge in [-0.25, -0.2) is 0 Å². The van der Waals surface area contributed by atoms with E-state index in [2.05, 4.69) is 0 Å². The van der Waals surface area contributed by atoms with Gasteiger partial charge in [0.15, 0.2) is 0 Å². The van der Waals surface area contributed by atoms with Crippen LogP contribution in [-0.4, -0.2) is 50.3 Å². The predicted octanol–water partition coefficient (Wildman–Crippen LogP) is 0.554. The Bertz CT molecular complexity index is 260. The Kier molecular flexibility index (Phi) is 5.83. The zero-order valence-corrected chi connectivity index (χ0v) is 9.65. The van der Waals surface area contributed by atoms with E-state index in [1.54, 1.807) is 12.0 Å². The van der Waals surface area contributed by atoms with E-state index >= 15 is 0 Å². The van der Waals surface area contributed by atoms with Crippen LogP contribution in [0.1, 0.15) is 19.3 Å². The van der Waals surface area contributed by atoms with Crippen LogP contribution in [0.4, 0.5) is 0 Å². The van der Waals surface area contributed by atoms with Crippen molar-refractivity contribution in [3.05, 3.63) is 0 Å². The van der Waals surface area contributed by atoms with Gasteiger partial charge in [0, 0.05) is 33.0 Å². The van der Waals surface area contributed by atoms with Crippen LogP contribution in [0.5, 0.6) is 0 Å². The molecule has 0 aromatic heterocycles. The van der Waals surface area contributed by atoms with E-state index in [1.165, 1.54) is 0 Å². The summed E-state index contributed by atoms with van der Waals surface area (Å²) < 4.78 is 10.5. The van der Waals surface area contributed by atoms with Gasteiger partial charge < -0.3 is 14.4 Å². The summed E-state index contributed by atoms with van der Waals surface area (Å²) in [4.78, 5) is 13.5. The molecule has 0 spiro atoms. The maximum Gasteiger partial charge on any atom is 0.222 e. The van der Waals surface area contributed by atoms with Crippen molar-refractivity contribution in [2.24, 2.45) is 0 Å². The Hall–Kier alpha value is -1.12. The quantitative estimate of drug-likeness (QED) is 0.642. The van der Waals surface area contributed by atoms with Gasteiger partial charge in [-0.05, 0) is 6.42 Å². The van der Waals surface area contributed by atoms with Crippen LogP contribution in [0.25, 0.3) is 0 Å². The number of ether oxygens (including phenoxy) is 2. The summed E-state index contributed by atoms with van der Waals surface area (Å²) in [5, 5.41) is 8.39. The molecule has 1 saturated heterocycles. The highest BCUT2D eigenvalue weighted by molar-refractivity contribution is 5.76. The van der Waals surface area contributed by atoms with Gasteiger partial charge in [0.25, 0.3) is 0 Å². The Morgan fingerprint density at radius 2 is 2.50 bits per heavy atom. The molecule has 0 saturated carbocycles. The van der Waals surface area contributed by atoms with Crippen molar-refractivity contribution in [1.29, 1.82) is 5.26 Å². The molecular formula is C11H18N2O3. The molecule has 16 heavy (non-hydrogen) atoms. The third-order valence-corrected chi connectivity index (χ3v) is 2.52. The van der Waals surface area contributed by atoms with E-state index in [-0.39, 0.29) is 12.0 Å². The van der Waals surface area contributed by atoms with E-state index in [4.69, 9.17) is 14.7 Å². The molecule has 5 heteroatoms. The van der Waals surface area contributed by atoms with Crippen LogP contribution in [0.2, 0.25) is 0 Å². The molecule has 0 aromatic carbocycles. The van der Waals surface area contributed by atoms with E-state index < -0.39 is 0 Å². The fourth-order valence-electron chi connectivity index (χ4n) is 1.71. The predicted molar refractivity (Wildman–Crippen MR) is 57.7 cm³/mol. The van der Waals surface area contributed by atoms with Crippen LogP contribution in [0.15, 0.2) is 0 Å². The molecule has 0 aliphatic carbocycles. The number of carbonyl (C=O) groups is 1. The summed E-state index contributed by atoms with van der Waals surface area (Å²) in [6.07, 6.45) is 1.52. The van der Waals surface area contributed by atoms with Gasteiger partial charge in [-0.3, -0.25) is 4.79 Å². The van der Waals surface area contributed by atoms with Crippen molar-refractivity contribution in [3.8, 4) is 6.07 Å². The summed E-state index contributed by atoms with van der Waals surface area (Å²) in [6.45, 7) is 2.32. The van der Waals surface area contributed by atoms with Gasteiger partial charge in [-0.2, -0.15) is 5.26 Å². The molecule has 5 nitrogen and oxygen atoms in total. The Morgan fingerprint density at radius 1 is 1.69 bits per heavy atom. The molecule has 1 aliphatic rings. The molecule has 90 valence electrons. The summed E-state index contributed by atoms with van der Waals surface area (Å²) in [5.74, 6) is 0.111. The number of morpholine rings is 1. The van der Waals surface area contributed by atoms with Crippen molar-refractivity contribution in [3.63, 3.8) is 0 Å². The van der Waals surface area contributed by atoms with Crippen molar-refractivity contribution in [1.82, 2.24) is 4.90 Å². The minimum atomic E-state index is -0.0151. The number of unbranched alkanes of at least 4 members (excludes halogenated alkanes) is 1. The fourth-order valence-corrected chi connectivity index (χ4v) is 1.71. The summed E-state index contributed by atoms with van der Waals surface area (Å²) in [5.41, 5.74) is 0. The molecule has 0 N–H and O–H groups in total. The van der Waals surface area contributed by atoms with Gasteiger partial charge >= 0.3 is 0 Å². The van der Waals surface area contributed by atoms with E-state index in [0.717, 1.165) is 0 Å². The number of nitrogens with zero attached hydrogens (tertiary/aromatic N) is 2. The Balaban J connectivity index is 2.29. The largest absolute Gasteiger partial charge is 0.382 e. The number of hydrogen-bond acceptors (Lipinski definition) is 4. The molecule has 0 radical (unpaired) electrons. The maximum atomic E-state index is 11.7. The number of amides is 1. The molecule has 1 aliphatic heterocycles. The highest BCUT2D eigenvalue weighted by Gasteiger charge is 2.23. The van der Waals surface area contributed by atoms with Crippen molar-refractivity contribution < 1.29 is 14.3 Å². The second-order valence-electron chi connectivity index (χ2n) is 3.80. The average Bonchev–Trinajstić information content (AvgIpc) is 2.30. The second-order valence-corrected chi connectivity index (χ2v) is 3.80. The van der Waals surface area contributed by atoms with Gasteiger partial charge in [-0.15, -0.1) is 0 Å². The van der Waals surface area contributed by atoms with Crippen molar-refractivity contribution in [2.75, 3.05) is 33.4 Å². The number of hydrogen-bond donors (Lipinski definition) is 0.